The van der Waals surface area contributed by atoms with Crippen molar-refractivity contribution in [2.75, 3.05) is 13.7 Å². The number of aromatic amines is 1. The van der Waals surface area contributed by atoms with E-state index in [-0.39, 0.29) is 5.97 Å². The number of halogens is 1. The Morgan fingerprint density at radius 2 is 2.24 bits per heavy atom. The fourth-order valence-corrected chi connectivity index (χ4v) is 2.26. The number of aromatic nitrogens is 1. The lowest BCUT2D eigenvalue weighted by Crippen LogP contribution is -2.05. The number of carbonyl (C=O) groups is 1. The first kappa shape index (κ1) is 12.0. The van der Waals surface area contributed by atoms with Gasteiger partial charge in [-0.2, -0.15) is 0 Å². The van der Waals surface area contributed by atoms with Gasteiger partial charge in [-0.25, -0.2) is 4.79 Å². The summed E-state index contributed by atoms with van der Waals surface area (Å²) >= 11 is 3.40. The molecule has 5 heteroatoms. The van der Waals surface area contributed by atoms with Gasteiger partial charge in [-0.05, 0) is 28.9 Å². The second-order valence-electron chi connectivity index (χ2n) is 3.42. The number of methoxy groups -OCH3 is 1. The van der Waals surface area contributed by atoms with Gasteiger partial charge < -0.3 is 14.5 Å². The summed E-state index contributed by atoms with van der Waals surface area (Å²) < 4.78 is 10.9. The van der Waals surface area contributed by atoms with E-state index in [9.17, 15) is 4.79 Å². The van der Waals surface area contributed by atoms with Crippen LogP contribution in [0.25, 0.3) is 10.9 Å². The summed E-state index contributed by atoms with van der Waals surface area (Å²) in [5.74, 6) is 0.316. The number of hydrogen-bond acceptors (Lipinski definition) is 3. The van der Waals surface area contributed by atoms with E-state index in [0.717, 1.165) is 10.9 Å². The number of H-pyrrole nitrogens is 1. The molecule has 0 spiro atoms. The molecule has 1 aromatic heterocycles. The molecule has 0 fully saturated rings. The van der Waals surface area contributed by atoms with Crippen molar-refractivity contribution in [2.24, 2.45) is 0 Å². The smallest absolute Gasteiger partial charge is 0.355 e. The second kappa shape index (κ2) is 4.79. The zero-order valence-electron chi connectivity index (χ0n) is 9.54. The van der Waals surface area contributed by atoms with Crippen LogP contribution in [0.3, 0.4) is 0 Å². The standard InChI is InChI=1S/C12H12BrNO3/c1-3-17-12(15)11-9(13)7-5-4-6-8(16-2)10(7)14-11/h4-6,14H,3H2,1-2H3. The number of para-hydroxylation sites is 1. The van der Waals surface area contributed by atoms with Gasteiger partial charge in [0.2, 0.25) is 0 Å². The number of benzene rings is 1. The molecule has 17 heavy (non-hydrogen) atoms. The molecule has 2 rings (SSSR count). The predicted octanol–water partition coefficient (Wildman–Crippen LogP) is 3.12. The minimum atomic E-state index is -0.377. The number of nitrogens with one attached hydrogen (secondary N) is 1. The number of carbonyl (C=O) groups excluding carboxylic acids is 1. The van der Waals surface area contributed by atoms with Gasteiger partial charge in [0.25, 0.3) is 0 Å². The molecule has 0 atom stereocenters. The average Bonchev–Trinajstić information content (AvgIpc) is 2.67. The fourth-order valence-electron chi connectivity index (χ4n) is 1.67. The Balaban J connectivity index is 2.60. The van der Waals surface area contributed by atoms with Crippen LogP contribution in [0.4, 0.5) is 0 Å². The van der Waals surface area contributed by atoms with Crippen LogP contribution in [-0.4, -0.2) is 24.7 Å². The molecule has 0 saturated carbocycles. The quantitative estimate of drug-likeness (QED) is 0.886. The maximum Gasteiger partial charge on any atom is 0.355 e. The largest absolute Gasteiger partial charge is 0.495 e. The van der Waals surface area contributed by atoms with Crippen molar-refractivity contribution < 1.29 is 14.3 Å². The number of fused-ring (bicyclic) bond motifs is 1. The zero-order chi connectivity index (χ0) is 12.4. The molecule has 90 valence electrons. The molecule has 0 bridgehead atoms. The van der Waals surface area contributed by atoms with Gasteiger partial charge in [0, 0.05) is 5.39 Å². The van der Waals surface area contributed by atoms with Crippen molar-refractivity contribution in [3.8, 4) is 5.75 Å². The van der Waals surface area contributed by atoms with Gasteiger partial charge >= 0.3 is 5.97 Å². The van der Waals surface area contributed by atoms with E-state index in [2.05, 4.69) is 20.9 Å². The van der Waals surface area contributed by atoms with E-state index in [1.54, 1.807) is 14.0 Å². The Hall–Kier alpha value is -1.49. The topological polar surface area (TPSA) is 51.3 Å². The van der Waals surface area contributed by atoms with Gasteiger partial charge in [-0.15, -0.1) is 0 Å². The fraction of sp³-hybridized carbons (Fsp3) is 0.250. The Morgan fingerprint density at radius 3 is 2.88 bits per heavy atom. The van der Waals surface area contributed by atoms with Gasteiger partial charge in [0.15, 0.2) is 0 Å². The van der Waals surface area contributed by atoms with Gasteiger partial charge in [-0.3, -0.25) is 0 Å². The summed E-state index contributed by atoms with van der Waals surface area (Å²) in [6.45, 7) is 2.12. The SMILES string of the molecule is CCOC(=O)c1[nH]c2c(OC)cccc2c1Br. The van der Waals surface area contributed by atoms with Crippen molar-refractivity contribution >= 4 is 32.8 Å². The molecule has 0 unspecified atom stereocenters. The van der Waals surface area contributed by atoms with Crippen LogP contribution < -0.4 is 4.74 Å². The van der Waals surface area contributed by atoms with Crippen LogP contribution in [0.2, 0.25) is 0 Å². The highest BCUT2D eigenvalue weighted by Crippen LogP contribution is 2.33. The summed E-state index contributed by atoms with van der Waals surface area (Å²) in [4.78, 5) is 14.7. The van der Waals surface area contributed by atoms with Gasteiger partial charge in [0.05, 0.1) is 23.7 Å². The molecule has 2 aromatic rings. The molecule has 1 aromatic carbocycles. The summed E-state index contributed by atoms with van der Waals surface area (Å²) in [7, 11) is 1.59. The maximum absolute atomic E-state index is 11.7. The first-order valence-electron chi connectivity index (χ1n) is 5.20. The Kier molecular flexibility index (Phi) is 3.38. The lowest BCUT2D eigenvalue weighted by molar-refractivity contribution is 0.0519. The van der Waals surface area contributed by atoms with E-state index in [0.29, 0.717) is 22.5 Å². The molecule has 1 heterocycles. The summed E-state index contributed by atoms with van der Waals surface area (Å²) in [5, 5.41) is 0.896. The number of hydrogen-bond donors (Lipinski definition) is 1. The molecule has 0 aliphatic heterocycles. The summed E-state index contributed by atoms with van der Waals surface area (Å²) in [6.07, 6.45) is 0. The van der Waals surface area contributed by atoms with Gasteiger partial charge in [-0.1, -0.05) is 12.1 Å². The Morgan fingerprint density at radius 1 is 1.47 bits per heavy atom. The maximum atomic E-state index is 11.7. The minimum absolute atomic E-state index is 0.345. The molecular weight excluding hydrogens is 286 g/mol. The highest BCUT2D eigenvalue weighted by Gasteiger charge is 2.18. The number of esters is 1. The highest BCUT2D eigenvalue weighted by atomic mass is 79.9. The minimum Gasteiger partial charge on any atom is -0.495 e. The Bertz CT molecular complexity index is 562. The first-order valence-corrected chi connectivity index (χ1v) is 5.99. The third-order valence-electron chi connectivity index (χ3n) is 2.43. The molecule has 0 radical (unpaired) electrons. The lowest BCUT2D eigenvalue weighted by Gasteiger charge is -2.00. The van der Waals surface area contributed by atoms with Crippen molar-refractivity contribution in [1.29, 1.82) is 0 Å². The molecule has 4 nitrogen and oxygen atoms in total. The van der Waals surface area contributed by atoms with Crippen molar-refractivity contribution in [3.05, 3.63) is 28.4 Å². The van der Waals surface area contributed by atoms with Crippen LogP contribution in [0.1, 0.15) is 17.4 Å². The van der Waals surface area contributed by atoms with Crippen molar-refractivity contribution in [3.63, 3.8) is 0 Å². The summed E-state index contributed by atoms with van der Waals surface area (Å²) in [6, 6.07) is 5.61. The third-order valence-corrected chi connectivity index (χ3v) is 3.26. The lowest BCUT2D eigenvalue weighted by atomic mass is 10.2. The zero-order valence-corrected chi connectivity index (χ0v) is 11.1. The summed E-state index contributed by atoms with van der Waals surface area (Å²) in [5.41, 5.74) is 1.19. The first-order chi connectivity index (χ1) is 8.19. The van der Waals surface area contributed by atoms with E-state index in [1.807, 2.05) is 18.2 Å². The van der Waals surface area contributed by atoms with E-state index in [1.165, 1.54) is 0 Å². The van der Waals surface area contributed by atoms with E-state index >= 15 is 0 Å². The predicted molar refractivity (Wildman–Crippen MR) is 68.5 cm³/mol. The Labute approximate surface area is 107 Å². The van der Waals surface area contributed by atoms with Crippen LogP contribution in [0.15, 0.2) is 22.7 Å². The number of ether oxygens (including phenoxy) is 2. The highest BCUT2D eigenvalue weighted by molar-refractivity contribution is 9.10. The number of rotatable bonds is 3. The molecule has 0 amide bonds. The van der Waals surface area contributed by atoms with Gasteiger partial charge in [0.1, 0.15) is 11.4 Å². The van der Waals surface area contributed by atoms with E-state index < -0.39 is 0 Å². The third kappa shape index (κ3) is 2.02. The normalized spacial score (nSPS) is 10.5. The molecule has 0 aliphatic rings. The van der Waals surface area contributed by atoms with E-state index in [4.69, 9.17) is 9.47 Å². The van der Waals surface area contributed by atoms with Crippen LogP contribution >= 0.6 is 15.9 Å². The molecular formula is C12H12BrNO3. The van der Waals surface area contributed by atoms with Crippen LogP contribution in [0.5, 0.6) is 5.75 Å². The van der Waals surface area contributed by atoms with Crippen LogP contribution in [0, 0.1) is 0 Å². The molecule has 1 N–H and O–H groups in total. The molecule has 0 saturated heterocycles. The second-order valence-corrected chi connectivity index (χ2v) is 4.21. The molecule has 0 aliphatic carbocycles. The average molecular weight is 298 g/mol. The van der Waals surface area contributed by atoms with Crippen LogP contribution in [-0.2, 0) is 4.74 Å². The van der Waals surface area contributed by atoms with Crippen molar-refractivity contribution in [1.82, 2.24) is 4.98 Å². The monoisotopic (exact) mass is 297 g/mol. The van der Waals surface area contributed by atoms with Crippen molar-refractivity contribution in [2.45, 2.75) is 6.92 Å².